The lowest BCUT2D eigenvalue weighted by molar-refractivity contribution is -0.121. The molecule has 0 aliphatic heterocycles. The summed E-state index contributed by atoms with van der Waals surface area (Å²) in [5, 5.41) is 10.4. The quantitative estimate of drug-likeness (QED) is 0.639. The van der Waals surface area contributed by atoms with Crippen LogP contribution in [0.25, 0.3) is 0 Å². The van der Waals surface area contributed by atoms with Gasteiger partial charge in [0.1, 0.15) is 6.54 Å². The zero-order chi connectivity index (χ0) is 15.8. The summed E-state index contributed by atoms with van der Waals surface area (Å²) < 4.78 is 6.03. The molecule has 0 aromatic carbocycles. The molecule has 8 heteroatoms. The molecule has 0 spiro atoms. The van der Waals surface area contributed by atoms with Crippen molar-refractivity contribution in [2.45, 2.75) is 33.2 Å². The van der Waals surface area contributed by atoms with E-state index in [1.165, 1.54) is 11.8 Å². The Morgan fingerprint density at radius 2 is 2.14 bits per heavy atom. The number of hydrogen-bond donors (Lipinski definition) is 2. The lowest BCUT2D eigenvalue weighted by Gasteiger charge is -2.09. The average Bonchev–Trinajstić information content (AvgIpc) is 2.81. The summed E-state index contributed by atoms with van der Waals surface area (Å²) in [5.41, 5.74) is 6.15. The van der Waals surface area contributed by atoms with Gasteiger partial charge in [-0.05, 0) is 18.9 Å². The number of amides is 1. The number of ether oxygens (including phenoxy) is 1. The molecular weight excluding hydrogens is 274 g/mol. The standard InChI is InChI=1S/C13H23N5O3/c1-9(2)5-7-15-11(19)8-18-10(4-6-14)12(16-17-18)13(20)21-3/h9H,4-8,14H2,1-3H3,(H,15,19). The van der Waals surface area contributed by atoms with Crippen LogP contribution < -0.4 is 11.1 Å². The van der Waals surface area contributed by atoms with Gasteiger partial charge in [0.2, 0.25) is 5.91 Å². The zero-order valence-corrected chi connectivity index (χ0v) is 12.8. The van der Waals surface area contributed by atoms with Crippen molar-refractivity contribution in [3.63, 3.8) is 0 Å². The van der Waals surface area contributed by atoms with Gasteiger partial charge in [0, 0.05) is 13.0 Å². The molecule has 3 N–H and O–H groups in total. The number of carbonyl (C=O) groups excluding carboxylic acids is 2. The van der Waals surface area contributed by atoms with Crippen molar-refractivity contribution in [1.29, 1.82) is 0 Å². The van der Waals surface area contributed by atoms with E-state index in [0.29, 0.717) is 31.1 Å². The number of nitrogens with two attached hydrogens (primary N) is 1. The first kappa shape index (κ1) is 17.1. The highest BCUT2D eigenvalue weighted by atomic mass is 16.5. The summed E-state index contributed by atoms with van der Waals surface area (Å²) in [6.07, 6.45) is 1.31. The van der Waals surface area contributed by atoms with Crippen molar-refractivity contribution in [1.82, 2.24) is 20.3 Å². The lowest BCUT2D eigenvalue weighted by atomic mass is 10.1. The van der Waals surface area contributed by atoms with Crippen molar-refractivity contribution < 1.29 is 14.3 Å². The van der Waals surface area contributed by atoms with E-state index in [9.17, 15) is 9.59 Å². The molecule has 1 rings (SSSR count). The predicted molar refractivity (Wildman–Crippen MR) is 76.6 cm³/mol. The third-order valence-corrected chi connectivity index (χ3v) is 2.93. The minimum atomic E-state index is -0.579. The smallest absolute Gasteiger partial charge is 0.360 e. The number of nitrogens with one attached hydrogen (secondary N) is 1. The van der Waals surface area contributed by atoms with Gasteiger partial charge < -0.3 is 15.8 Å². The Kier molecular flexibility index (Phi) is 6.80. The van der Waals surface area contributed by atoms with Crippen molar-refractivity contribution in [3.8, 4) is 0 Å². The summed E-state index contributed by atoms with van der Waals surface area (Å²) in [5.74, 6) is -0.226. The number of esters is 1. The van der Waals surface area contributed by atoms with E-state index in [2.05, 4.69) is 34.2 Å². The van der Waals surface area contributed by atoms with Gasteiger partial charge in [0.25, 0.3) is 0 Å². The number of rotatable bonds is 8. The molecule has 8 nitrogen and oxygen atoms in total. The van der Waals surface area contributed by atoms with E-state index in [1.807, 2.05) is 0 Å². The van der Waals surface area contributed by atoms with E-state index in [-0.39, 0.29) is 18.1 Å². The Bertz CT molecular complexity index is 484. The van der Waals surface area contributed by atoms with Crippen LogP contribution in [0.15, 0.2) is 0 Å². The maximum Gasteiger partial charge on any atom is 0.360 e. The molecule has 0 saturated carbocycles. The second kappa shape index (κ2) is 8.35. The van der Waals surface area contributed by atoms with Crippen LogP contribution in [0, 0.1) is 5.92 Å². The van der Waals surface area contributed by atoms with Gasteiger partial charge in [-0.25, -0.2) is 9.48 Å². The lowest BCUT2D eigenvalue weighted by Crippen LogP contribution is -2.30. The maximum absolute atomic E-state index is 11.9. The Hall–Kier alpha value is -1.96. The zero-order valence-electron chi connectivity index (χ0n) is 12.8. The molecule has 118 valence electrons. The molecule has 0 unspecified atom stereocenters. The number of methoxy groups -OCH3 is 1. The first-order chi connectivity index (χ1) is 9.99. The molecule has 0 fully saturated rings. The van der Waals surface area contributed by atoms with Gasteiger partial charge in [-0.3, -0.25) is 4.79 Å². The van der Waals surface area contributed by atoms with Gasteiger partial charge in [0.15, 0.2) is 5.69 Å². The molecule has 0 aliphatic carbocycles. The second-order valence-corrected chi connectivity index (χ2v) is 5.11. The molecule has 0 bridgehead atoms. The third-order valence-electron chi connectivity index (χ3n) is 2.93. The number of aromatic nitrogens is 3. The summed E-state index contributed by atoms with van der Waals surface area (Å²) in [6, 6.07) is 0. The van der Waals surface area contributed by atoms with Crippen LogP contribution in [-0.4, -0.2) is 47.1 Å². The Morgan fingerprint density at radius 3 is 2.71 bits per heavy atom. The fourth-order valence-electron chi connectivity index (χ4n) is 1.79. The van der Waals surface area contributed by atoms with Crippen LogP contribution in [0.2, 0.25) is 0 Å². The van der Waals surface area contributed by atoms with E-state index >= 15 is 0 Å². The van der Waals surface area contributed by atoms with E-state index < -0.39 is 5.97 Å². The van der Waals surface area contributed by atoms with Crippen molar-refractivity contribution >= 4 is 11.9 Å². The topological polar surface area (TPSA) is 112 Å². The van der Waals surface area contributed by atoms with Gasteiger partial charge in [-0.15, -0.1) is 5.10 Å². The highest BCUT2D eigenvalue weighted by molar-refractivity contribution is 5.88. The minimum Gasteiger partial charge on any atom is -0.464 e. The van der Waals surface area contributed by atoms with Crippen LogP contribution in [0.5, 0.6) is 0 Å². The normalized spacial score (nSPS) is 10.7. The van der Waals surface area contributed by atoms with Gasteiger partial charge in [0.05, 0.1) is 12.8 Å². The number of hydrogen-bond acceptors (Lipinski definition) is 6. The van der Waals surface area contributed by atoms with E-state index in [1.54, 1.807) is 0 Å². The summed E-state index contributed by atoms with van der Waals surface area (Å²) in [7, 11) is 1.27. The maximum atomic E-state index is 11.9. The SMILES string of the molecule is COC(=O)c1nnn(CC(=O)NCCC(C)C)c1CCN. The molecule has 1 aromatic heterocycles. The fraction of sp³-hybridized carbons (Fsp3) is 0.692. The molecule has 0 aliphatic rings. The van der Waals surface area contributed by atoms with Gasteiger partial charge in [-0.2, -0.15) is 0 Å². The third kappa shape index (κ3) is 5.14. The van der Waals surface area contributed by atoms with Gasteiger partial charge in [-0.1, -0.05) is 19.1 Å². The predicted octanol–water partition coefficient (Wildman–Crippen LogP) is -0.272. The molecule has 1 aromatic rings. The first-order valence-corrected chi connectivity index (χ1v) is 6.97. The van der Waals surface area contributed by atoms with Crippen LogP contribution in [0.3, 0.4) is 0 Å². The Balaban J connectivity index is 2.71. The molecule has 1 heterocycles. The summed E-state index contributed by atoms with van der Waals surface area (Å²) >= 11 is 0. The molecule has 1 amide bonds. The molecule has 21 heavy (non-hydrogen) atoms. The van der Waals surface area contributed by atoms with Crippen molar-refractivity contribution in [2.75, 3.05) is 20.2 Å². The van der Waals surface area contributed by atoms with Crippen LogP contribution in [0.1, 0.15) is 36.5 Å². The van der Waals surface area contributed by atoms with Crippen LogP contribution in [-0.2, 0) is 22.5 Å². The molecule has 0 atom stereocenters. The largest absolute Gasteiger partial charge is 0.464 e. The Labute approximate surface area is 124 Å². The fourth-order valence-corrected chi connectivity index (χ4v) is 1.79. The summed E-state index contributed by atoms with van der Waals surface area (Å²) in [4.78, 5) is 23.4. The molecular formula is C13H23N5O3. The Morgan fingerprint density at radius 1 is 1.43 bits per heavy atom. The highest BCUT2D eigenvalue weighted by Gasteiger charge is 2.20. The van der Waals surface area contributed by atoms with Gasteiger partial charge >= 0.3 is 5.97 Å². The minimum absolute atomic E-state index is 0.0113. The van der Waals surface area contributed by atoms with Crippen LogP contribution in [0.4, 0.5) is 0 Å². The molecule has 0 saturated heterocycles. The average molecular weight is 297 g/mol. The summed E-state index contributed by atoms with van der Waals surface area (Å²) in [6.45, 7) is 5.13. The van der Waals surface area contributed by atoms with Crippen molar-refractivity contribution in [3.05, 3.63) is 11.4 Å². The van der Waals surface area contributed by atoms with E-state index in [4.69, 9.17) is 5.73 Å². The second-order valence-electron chi connectivity index (χ2n) is 5.11. The van der Waals surface area contributed by atoms with Crippen LogP contribution >= 0.6 is 0 Å². The molecule has 0 radical (unpaired) electrons. The van der Waals surface area contributed by atoms with E-state index in [0.717, 1.165) is 6.42 Å². The first-order valence-electron chi connectivity index (χ1n) is 6.97. The van der Waals surface area contributed by atoms with Crippen molar-refractivity contribution in [2.24, 2.45) is 11.7 Å². The highest BCUT2D eigenvalue weighted by Crippen LogP contribution is 2.07. The number of carbonyl (C=O) groups is 2. The monoisotopic (exact) mass is 297 g/mol. The number of nitrogens with zero attached hydrogens (tertiary/aromatic N) is 3.